The van der Waals surface area contributed by atoms with Crippen molar-refractivity contribution in [1.82, 2.24) is 0 Å². The molecule has 1 aromatic carbocycles. The highest BCUT2D eigenvalue weighted by Crippen LogP contribution is 2.29. The van der Waals surface area contributed by atoms with Gasteiger partial charge >= 0.3 is 0 Å². The minimum atomic E-state index is -2.97. The Morgan fingerprint density at radius 1 is 1.41 bits per heavy atom. The van der Waals surface area contributed by atoms with Crippen LogP contribution < -0.4 is 10.5 Å². The molecular formula is C12H17NO3S. The van der Waals surface area contributed by atoms with Crippen molar-refractivity contribution in [3.05, 3.63) is 29.8 Å². The Labute approximate surface area is 102 Å². The minimum absolute atomic E-state index is 0.106. The maximum Gasteiger partial charge on any atom is 0.147 e. The zero-order chi connectivity index (χ0) is 12.5. The number of nitrogens with two attached hydrogens (primary N) is 1. The van der Waals surface area contributed by atoms with E-state index in [4.69, 9.17) is 10.5 Å². The van der Waals surface area contributed by atoms with Crippen LogP contribution in [0, 0.1) is 0 Å². The highest BCUT2D eigenvalue weighted by molar-refractivity contribution is 7.90. The number of benzene rings is 1. The summed E-state index contributed by atoms with van der Waals surface area (Å²) in [6.45, 7) is 0.375. The number of fused-ring (bicyclic) bond motifs is 1. The first-order valence-corrected chi connectivity index (χ1v) is 7.61. The predicted octanol–water partition coefficient (Wildman–Crippen LogP) is 0.754. The summed E-state index contributed by atoms with van der Waals surface area (Å²) in [5.41, 5.74) is 6.67. The van der Waals surface area contributed by atoms with Crippen molar-refractivity contribution in [2.45, 2.75) is 18.4 Å². The van der Waals surface area contributed by atoms with Gasteiger partial charge in [-0.1, -0.05) is 18.2 Å². The first-order valence-electron chi connectivity index (χ1n) is 5.55. The normalized spacial score (nSPS) is 23.9. The predicted molar refractivity (Wildman–Crippen MR) is 66.9 cm³/mol. The smallest absolute Gasteiger partial charge is 0.147 e. The molecule has 0 amide bonds. The van der Waals surface area contributed by atoms with Crippen molar-refractivity contribution in [3.63, 3.8) is 0 Å². The Morgan fingerprint density at radius 2 is 2.12 bits per heavy atom. The number of rotatable bonds is 3. The van der Waals surface area contributed by atoms with Crippen molar-refractivity contribution in [1.29, 1.82) is 0 Å². The highest BCUT2D eigenvalue weighted by atomic mass is 32.2. The van der Waals surface area contributed by atoms with E-state index >= 15 is 0 Å². The molecule has 1 atom stereocenters. The fourth-order valence-electron chi connectivity index (χ4n) is 1.99. The molecule has 94 valence electrons. The Morgan fingerprint density at radius 3 is 2.82 bits per heavy atom. The Kier molecular flexibility index (Phi) is 3.14. The monoisotopic (exact) mass is 255 g/mol. The van der Waals surface area contributed by atoms with E-state index in [-0.39, 0.29) is 5.75 Å². The van der Waals surface area contributed by atoms with Crippen LogP contribution in [0.2, 0.25) is 0 Å². The van der Waals surface area contributed by atoms with E-state index in [1.807, 2.05) is 24.3 Å². The molecule has 17 heavy (non-hydrogen) atoms. The molecule has 0 aromatic heterocycles. The maximum atomic E-state index is 11.2. The van der Waals surface area contributed by atoms with Gasteiger partial charge in [-0.15, -0.1) is 0 Å². The van der Waals surface area contributed by atoms with Gasteiger partial charge < -0.3 is 10.5 Å². The van der Waals surface area contributed by atoms with Gasteiger partial charge in [-0.2, -0.15) is 0 Å². The minimum Gasteiger partial charge on any atom is -0.491 e. The summed E-state index contributed by atoms with van der Waals surface area (Å²) < 4.78 is 27.9. The van der Waals surface area contributed by atoms with Gasteiger partial charge in [-0.25, -0.2) is 8.42 Å². The Bertz CT molecular complexity index is 512. The van der Waals surface area contributed by atoms with Gasteiger partial charge in [-0.05, 0) is 24.5 Å². The van der Waals surface area contributed by atoms with E-state index in [0.29, 0.717) is 19.4 Å². The van der Waals surface area contributed by atoms with Gasteiger partial charge in [0.15, 0.2) is 0 Å². The Balaban J connectivity index is 2.10. The van der Waals surface area contributed by atoms with Crippen molar-refractivity contribution in [3.8, 4) is 5.75 Å². The lowest BCUT2D eigenvalue weighted by Crippen LogP contribution is -2.51. The molecule has 0 radical (unpaired) electrons. The molecular weight excluding hydrogens is 238 g/mol. The van der Waals surface area contributed by atoms with Crippen LogP contribution in [-0.4, -0.2) is 32.6 Å². The van der Waals surface area contributed by atoms with E-state index in [0.717, 1.165) is 11.3 Å². The number of hydrogen-bond donors (Lipinski definition) is 1. The van der Waals surface area contributed by atoms with Crippen LogP contribution in [0.5, 0.6) is 5.75 Å². The summed E-state index contributed by atoms with van der Waals surface area (Å²) in [7, 11) is -2.97. The molecule has 2 rings (SSSR count). The molecule has 2 N–H and O–H groups in total. The van der Waals surface area contributed by atoms with Gasteiger partial charge in [0.05, 0.1) is 11.3 Å². The highest BCUT2D eigenvalue weighted by Gasteiger charge is 2.32. The van der Waals surface area contributed by atoms with Gasteiger partial charge in [0.25, 0.3) is 0 Å². The summed E-state index contributed by atoms with van der Waals surface area (Å²) in [5, 5.41) is 0. The van der Waals surface area contributed by atoms with Crippen LogP contribution in [-0.2, 0) is 16.3 Å². The molecule has 0 saturated heterocycles. The summed E-state index contributed by atoms with van der Waals surface area (Å²) >= 11 is 0. The second-order valence-electron chi connectivity index (χ2n) is 4.82. The van der Waals surface area contributed by atoms with E-state index in [9.17, 15) is 8.42 Å². The Hall–Kier alpha value is -1.07. The first-order chi connectivity index (χ1) is 7.88. The molecule has 1 aromatic rings. The third-order valence-electron chi connectivity index (χ3n) is 3.00. The quantitative estimate of drug-likeness (QED) is 0.865. The van der Waals surface area contributed by atoms with Crippen LogP contribution in [0.3, 0.4) is 0 Å². The third kappa shape index (κ3) is 3.20. The maximum absolute atomic E-state index is 11.2. The summed E-state index contributed by atoms with van der Waals surface area (Å²) in [4.78, 5) is 0. The number of hydrogen-bond acceptors (Lipinski definition) is 4. The number of sulfone groups is 1. The summed E-state index contributed by atoms with van der Waals surface area (Å²) in [6, 6.07) is 7.73. The zero-order valence-corrected chi connectivity index (χ0v) is 10.7. The summed E-state index contributed by atoms with van der Waals surface area (Å²) in [5.74, 6) is 0.961. The van der Waals surface area contributed by atoms with Crippen LogP contribution >= 0.6 is 0 Å². The van der Waals surface area contributed by atoms with E-state index < -0.39 is 15.4 Å². The average molecular weight is 255 g/mol. The second kappa shape index (κ2) is 4.31. The SMILES string of the molecule is CS(=O)(=O)CCC1(N)COc2ccccc2C1. The molecule has 1 unspecified atom stereocenters. The standard InChI is InChI=1S/C12H17NO3S/c1-17(14,15)7-6-12(13)8-10-4-2-3-5-11(10)16-9-12/h2-5H,6-9,13H2,1H3. The van der Waals surface area contributed by atoms with Crippen LogP contribution in [0.25, 0.3) is 0 Å². The topological polar surface area (TPSA) is 69.4 Å². The average Bonchev–Trinajstić information content (AvgIpc) is 2.26. The molecule has 0 spiro atoms. The van der Waals surface area contributed by atoms with Gasteiger partial charge in [0.2, 0.25) is 0 Å². The van der Waals surface area contributed by atoms with Crippen LogP contribution in [0.4, 0.5) is 0 Å². The van der Waals surface area contributed by atoms with Crippen LogP contribution in [0.15, 0.2) is 24.3 Å². The van der Waals surface area contributed by atoms with Crippen LogP contribution in [0.1, 0.15) is 12.0 Å². The molecule has 0 saturated carbocycles. The molecule has 1 aliphatic rings. The van der Waals surface area contributed by atoms with Crippen molar-refractivity contribution < 1.29 is 13.2 Å². The van der Waals surface area contributed by atoms with E-state index in [1.165, 1.54) is 6.26 Å². The lowest BCUT2D eigenvalue weighted by Gasteiger charge is -2.34. The first kappa shape index (κ1) is 12.4. The zero-order valence-electron chi connectivity index (χ0n) is 9.85. The molecule has 5 heteroatoms. The van der Waals surface area contributed by atoms with Crippen molar-refractivity contribution in [2.24, 2.45) is 5.73 Å². The lowest BCUT2D eigenvalue weighted by molar-refractivity contribution is 0.187. The lowest BCUT2D eigenvalue weighted by atomic mass is 9.88. The van der Waals surface area contributed by atoms with Crippen molar-refractivity contribution in [2.75, 3.05) is 18.6 Å². The molecule has 1 heterocycles. The van der Waals surface area contributed by atoms with Gasteiger partial charge in [0.1, 0.15) is 22.2 Å². The summed E-state index contributed by atoms with van der Waals surface area (Å²) in [6.07, 6.45) is 2.33. The largest absolute Gasteiger partial charge is 0.491 e. The van der Waals surface area contributed by atoms with Gasteiger partial charge in [-0.3, -0.25) is 0 Å². The molecule has 4 nitrogen and oxygen atoms in total. The second-order valence-corrected chi connectivity index (χ2v) is 7.08. The van der Waals surface area contributed by atoms with Crippen molar-refractivity contribution >= 4 is 9.84 Å². The molecule has 0 aliphatic carbocycles. The molecule has 0 fully saturated rings. The fraction of sp³-hybridized carbons (Fsp3) is 0.500. The van der Waals surface area contributed by atoms with Gasteiger partial charge in [0, 0.05) is 6.26 Å². The number of ether oxygens (including phenoxy) is 1. The molecule has 0 bridgehead atoms. The van der Waals surface area contributed by atoms with E-state index in [1.54, 1.807) is 0 Å². The molecule has 1 aliphatic heterocycles. The fourth-order valence-corrected chi connectivity index (χ4v) is 2.77. The van der Waals surface area contributed by atoms with E-state index in [2.05, 4.69) is 0 Å². The number of para-hydroxylation sites is 1. The third-order valence-corrected chi connectivity index (χ3v) is 3.95.